The van der Waals surface area contributed by atoms with Gasteiger partial charge in [0.1, 0.15) is 0 Å². The largest absolute Gasteiger partial charge is 0.392 e. The summed E-state index contributed by atoms with van der Waals surface area (Å²) < 4.78 is 0. The summed E-state index contributed by atoms with van der Waals surface area (Å²) in [6.45, 7) is 4.61. The second-order valence-electron chi connectivity index (χ2n) is 3.71. The van der Waals surface area contributed by atoms with Crippen molar-refractivity contribution in [2.24, 2.45) is 0 Å². The highest BCUT2D eigenvalue weighted by Gasteiger charge is 2.09. The van der Waals surface area contributed by atoms with E-state index in [9.17, 15) is 5.11 Å². The van der Waals surface area contributed by atoms with E-state index < -0.39 is 0 Å². The summed E-state index contributed by atoms with van der Waals surface area (Å²) in [6.07, 6.45) is 0.484. The first-order chi connectivity index (χ1) is 7.15. The van der Waals surface area contributed by atoms with E-state index in [4.69, 9.17) is 11.6 Å². The van der Waals surface area contributed by atoms with Gasteiger partial charge in [-0.25, -0.2) is 0 Å². The number of aliphatic hydroxyl groups is 1. The van der Waals surface area contributed by atoms with E-state index in [-0.39, 0.29) is 12.1 Å². The molecule has 0 saturated carbocycles. The van der Waals surface area contributed by atoms with Crippen molar-refractivity contribution in [3.05, 3.63) is 34.9 Å². The molecule has 0 bridgehead atoms. The van der Waals surface area contributed by atoms with E-state index in [2.05, 4.69) is 5.32 Å². The minimum atomic E-state index is -0.282. The Morgan fingerprint density at radius 2 is 2.07 bits per heavy atom. The van der Waals surface area contributed by atoms with Gasteiger partial charge in [0.25, 0.3) is 0 Å². The third-order valence-electron chi connectivity index (χ3n) is 2.50. The third-order valence-corrected chi connectivity index (χ3v) is 2.85. The van der Waals surface area contributed by atoms with Crippen LogP contribution in [0.3, 0.4) is 0 Å². The van der Waals surface area contributed by atoms with Gasteiger partial charge in [0.05, 0.1) is 6.10 Å². The van der Waals surface area contributed by atoms with E-state index in [1.807, 2.05) is 38.1 Å². The Bertz CT molecular complexity index is 303. The number of rotatable bonds is 5. The van der Waals surface area contributed by atoms with Crippen molar-refractivity contribution in [1.82, 2.24) is 5.32 Å². The molecule has 0 heterocycles. The predicted octanol–water partition coefficient (Wildman–Crippen LogP) is 2.76. The number of hydrogen-bond donors (Lipinski definition) is 2. The molecule has 2 N–H and O–H groups in total. The lowest BCUT2D eigenvalue weighted by molar-refractivity contribution is 0.164. The van der Waals surface area contributed by atoms with Gasteiger partial charge >= 0.3 is 0 Å². The molecular formula is C12H18ClNO. The molecule has 1 aromatic carbocycles. The fraction of sp³-hybridized carbons (Fsp3) is 0.500. The van der Waals surface area contributed by atoms with Crippen LogP contribution in [0, 0.1) is 0 Å². The minimum Gasteiger partial charge on any atom is -0.392 e. The normalized spacial score (nSPS) is 14.9. The lowest BCUT2D eigenvalue weighted by Gasteiger charge is -2.17. The summed E-state index contributed by atoms with van der Waals surface area (Å²) in [5.41, 5.74) is 1.07. The maximum absolute atomic E-state index is 9.43. The minimum absolute atomic E-state index is 0.167. The quantitative estimate of drug-likeness (QED) is 0.811. The van der Waals surface area contributed by atoms with Crippen LogP contribution in [0.15, 0.2) is 24.3 Å². The first-order valence-electron chi connectivity index (χ1n) is 5.31. The zero-order chi connectivity index (χ0) is 11.3. The molecule has 0 aliphatic rings. The number of hydrogen-bond acceptors (Lipinski definition) is 2. The molecule has 84 valence electrons. The van der Waals surface area contributed by atoms with Crippen LogP contribution in [0.1, 0.15) is 31.9 Å². The SMILES string of the molecule is CCC(O)CN[C@H](C)c1ccccc1Cl. The number of halogens is 1. The van der Waals surface area contributed by atoms with E-state index in [0.717, 1.165) is 17.0 Å². The Balaban J connectivity index is 2.54. The van der Waals surface area contributed by atoms with Crippen LogP contribution >= 0.6 is 11.6 Å². The number of benzene rings is 1. The fourth-order valence-electron chi connectivity index (χ4n) is 1.39. The van der Waals surface area contributed by atoms with E-state index in [1.165, 1.54) is 0 Å². The van der Waals surface area contributed by atoms with Crippen LogP contribution in [0.2, 0.25) is 5.02 Å². The van der Waals surface area contributed by atoms with Gasteiger partial charge < -0.3 is 10.4 Å². The van der Waals surface area contributed by atoms with Crippen molar-refractivity contribution in [3.63, 3.8) is 0 Å². The maximum atomic E-state index is 9.43. The summed E-state index contributed by atoms with van der Waals surface area (Å²) in [5, 5.41) is 13.5. The van der Waals surface area contributed by atoms with Crippen LogP contribution in [0.5, 0.6) is 0 Å². The van der Waals surface area contributed by atoms with Gasteiger partial charge in [-0.3, -0.25) is 0 Å². The molecule has 1 unspecified atom stereocenters. The standard InChI is InChI=1S/C12H18ClNO/c1-3-10(15)8-14-9(2)11-6-4-5-7-12(11)13/h4-7,9-10,14-15H,3,8H2,1-2H3/t9-,10?/m1/s1. The Morgan fingerprint density at radius 3 is 2.67 bits per heavy atom. The van der Waals surface area contributed by atoms with Crippen LogP contribution in [0.25, 0.3) is 0 Å². The fourth-order valence-corrected chi connectivity index (χ4v) is 1.69. The number of nitrogens with one attached hydrogen (secondary N) is 1. The topological polar surface area (TPSA) is 32.3 Å². The maximum Gasteiger partial charge on any atom is 0.0662 e. The van der Waals surface area contributed by atoms with E-state index in [1.54, 1.807) is 0 Å². The van der Waals surface area contributed by atoms with Crippen molar-refractivity contribution in [3.8, 4) is 0 Å². The van der Waals surface area contributed by atoms with Gasteiger partial charge in [0.2, 0.25) is 0 Å². The molecule has 0 aliphatic carbocycles. The molecule has 0 radical (unpaired) electrons. The van der Waals surface area contributed by atoms with Crippen molar-refractivity contribution >= 4 is 11.6 Å². The zero-order valence-corrected chi connectivity index (χ0v) is 9.96. The third kappa shape index (κ3) is 3.82. The number of aliphatic hydroxyl groups excluding tert-OH is 1. The highest BCUT2D eigenvalue weighted by molar-refractivity contribution is 6.31. The lowest BCUT2D eigenvalue weighted by Crippen LogP contribution is -2.28. The summed E-state index contributed by atoms with van der Waals surface area (Å²) in [5.74, 6) is 0. The molecule has 2 atom stereocenters. The first-order valence-corrected chi connectivity index (χ1v) is 5.68. The summed E-state index contributed by atoms with van der Waals surface area (Å²) >= 11 is 6.07. The van der Waals surface area contributed by atoms with Crippen LogP contribution in [-0.2, 0) is 0 Å². The molecule has 0 spiro atoms. The second kappa shape index (κ2) is 6.11. The van der Waals surface area contributed by atoms with E-state index in [0.29, 0.717) is 6.54 Å². The summed E-state index contributed by atoms with van der Waals surface area (Å²) in [6, 6.07) is 7.93. The Kier molecular flexibility index (Phi) is 5.09. The average molecular weight is 228 g/mol. The molecule has 2 nitrogen and oxygen atoms in total. The molecule has 1 aromatic rings. The van der Waals surface area contributed by atoms with Crippen LogP contribution < -0.4 is 5.32 Å². The molecule has 0 fully saturated rings. The van der Waals surface area contributed by atoms with E-state index >= 15 is 0 Å². The van der Waals surface area contributed by atoms with Gasteiger partial charge in [0, 0.05) is 17.6 Å². The Morgan fingerprint density at radius 1 is 1.40 bits per heavy atom. The summed E-state index contributed by atoms with van der Waals surface area (Å²) in [4.78, 5) is 0. The molecule has 1 rings (SSSR count). The smallest absolute Gasteiger partial charge is 0.0662 e. The molecule has 0 aromatic heterocycles. The first kappa shape index (κ1) is 12.5. The van der Waals surface area contributed by atoms with Gasteiger partial charge in [0.15, 0.2) is 0 Å². The molecular weight excluding hydrogens is 210 g/mol. The highest BCUT2D eigenvalue weighted by atomic mass is 35.5. The average Bonchev–Trinajstić information content (AvgIpc) is 2.26. The molecule has 15 heavy (non-hydrogen) atoms. The van der Waals surface area contributed by atoms with Crippen LogP contribution in [0.4, 0.5) is 0 Å². The van der Waals surface area contributed by atoms with Gasteiger partial charge in [-0.1, -0.05) is 36.7 Å². The molecule has 0 amide bonds. The lowest BCUT2D eigenvalue weighted by atomic mass is 10.1. The molecule has 0 aliphatic heterocycles. The van der Waals surface area contributed by atoms with Crippen molar-refractivity contribution in [1.29, 1.82) is 0 Å². The highest BCUT2D eigenvalue weighted by Crippen LogP contribution is 2.21. The second-order valence-corrected chi connectivity index (χ2v) is 4.12. The monoisotopic (exact) mass is 227 g/mol. The molecule has 0 saturated heterocycles. The summed E-state index contributed by atoms with van der Waals surface area (Å²) in [7, 11) is 0. The van der Waals surface area contributed by atoms with Gasteiger partial charge in [-0.05, 0) is 25.0 Å². The molecule has 3 heteroatoms. The van der Waals surface area contributed by atoms with Crippen molar-refractivity contribution in [2.75, 3.05) is 6.54 Å². The predicted molar refractivity (Wildman–Crippen MR) is 64.2 cm³/mol. The zero-order valence-electron chi connectivity index (χ0n) is 9.20. The van der Waals surface area contributed by atoms with Crippen LogP contribution in [-0.4, -0.2) is 17.8 Å². The van der Waals surface area contributed by atoms with Crippen molar-refractivity contribution in [2.45, 2.75) is 32.4 Å². The van der Waals surface area contributed by atoms with Gasteiger partial charge in [-0.2, -0.15) is 0 Å². The van der Waals surface area contributed by atoms with Crippen molar-refractivity contribution < 1.29 is 5.11 Å². The Labute approximate surface area is 96.3 Å². The van der Waals surface area contributed by atoms with Gasteiger partial charge in [-0.15, -0.1) is 0 Å². The Hall–Kier alpha value is -0.570.